The lowest BCUT2D eigenvalue weighted by atomic mass is 10.2. The van der Waals surface area contributed by atoms with E-state index in [-0.39, 0.29) is 13.2 Å². The average molecular weight is 295 g/mol. The van der Waals surface area contributed by atoms with Gasteiger partial charge in [-0.3, -0.25) is 0 Å². The van der Waals surface area contributed by atoms with Gasteiger partial charge in [0.15, 0.2) is 0 Å². The Labute approximate surface area is 122 Å². The lowest BCUT2D eigenvalue weighted by Gasteiger charge is -2.12. The first-order chi connectivity index (χ1) is 10.0. The Hall–Kier alpha value is -2.57. The Morgan fingerprint density at radius 2 is 1.81 bits per heavy atom. The van der Waals surface area contributed by atoms with Crippen molar-refractivity contribution in [1.29, 1.82) is 0 Å². The minimum atomic E-state index is -1.10. The number of hydrogen-bond donors (Lipinski definition) is 1. The average Bonchev–Trinajstić information content (AvgIpc) is 2.46. The molecule has 21 heavy (non-hydrogen) atoms. The highest BCUT2D eigenvalue weighted by atomic mass is 16.7. The van der Waals surface area contributed by atoms with E-state index >= 15 is 0 Å². The molecule has 1 aromatic carbocycles. The predicted octanol–water partition coefficient (Wildman–Crippen LogP) is 2.00. The quantitative estimate of drug-likeness (QED) is 0.660. The van der Waals surface area contributed by atoms with E-state index in [2.05, 4.69) is 14.8 Å². The highest BCUT2D eigenvalue weighted by Gasteiger charge is 2.21. The second-order valence-electron chi connectivity index (χ2n) is 4.03. The van der Waals surface area contributed by atoms with Crippen molar-refractivity contribution in [3.05, 3.63) is 35.9 Å². The van der Waals surface area contributed by atoms with Crippen LogP contribution in [0.4, 0.5) is 9.59 Å². The second-order valence-corrected chi connectivity index (χ2v) is 4.03. The highest BCUT2D eigenvalue weighted by Crippen LogP contribution is 2.01. The first-order valence-electron chi connectivity index (χ1n) is 6.38. The van der Waals surface area contributed by atoms with E-state index in [0.29, 0.717) is 0 Å². The maximum atomic E-state index is 11.5. The van der Waals surface area contributed by atoms with Crippen molar-refractivity contribution < 1.29 is 28.6 Å². The molecule has 1 aromatic rings. The molecule has 0 aliphatic heterocycles. The summed E-state index contributed by atoms with van der Waals surface area (Å²) in [6.45, 7) is 3.11. The van der Waals surface area contributed by atoms with Crippen LogP contribution in [0, 0.1) is 0 Å². The fourth-order valence-corrected chi connectivity index (χ4v) is 1.32. The molecule has 0 bridgehead atoms. The van der Waals surface area contributed by atoms with Gasteiger partial charge in [0.2, 0.25) is 0 Å². The van der Waals surface area contributed by atoms with Crippen molar-refractivity contribution in [2.24, 2.45) is 0 Å². The van der Waals surface area contributed by atoms with Crippen molar-refractivity contribution in [3.63, 3.8) is 0 Å². The lowest BCUT2D eigenvalue weighted by molar-refractivity contribution is -0.141. The molecule has 0 saturated heterocycles. The van der Waals surface area contributed by atoms with E-state index in [1.54, 1.807) is 19.1 Å². The number of amides is 1. The summed E-state index contributed by atoms with van der Waals surface area (Å²) < 4.78 is 13.7. The number of hydrogen-bond acceptors (Lipinski definition) is 6. The molecule has 1 amide bonds. The minimum absolute atomic E-state index is 0.0757. The number of rotatable bonds is 5. The maximum absolute atomic E-state index is 11.5. The summed E-state index contributed by atoms with van der Waals surface area (Å²) in [5, 5.41) is 2.25. The lowest BCUT2D eigenvalue weighted by Crippen LogP contribution is -2.40. The minimum Gasteiger partial charge on any atom is -0.445 e. The molecule has 1 unspecified atom stereocenters. The standard InChI is InChI=1S/C14H17NO6/c1-3-19-14(18)21-12(16)10(2)15-13(17)20-9-11-7-5-4-6-8-11/h4-8,10H,3,9H2,1-2H3,(H,15,17). The van der Waals surface area contributed by atoms with Gasteiger partial charge >= 0.3 is 18.2 Å². The molecule has 0 fully saturated rings. The van der Waals surface area contributed by atoms with E-state index < -0.39 is 24.3 Å². The molecule has 1 rings (SSSR count). The zero-order valence-electron chi connectivity index (χ0n) is 11.8. The van der Waals surface area contributed by atoms with E-state index in [9.17, 15) is 14.4 Å². The van der Waals surface area contributed by atoms with Crippen LogP contribution in [0.3, 0.4) is 0 Å². The number of alkyl carbamates (subject to hydrolysis) is 1. The molecule has 0 saturated carbocycles. The third kappa shape index (κ3) is 6.42. The molecule has 0 aromatic heterocycles. The van der Waals surface area contributed by atoms with Crippen molar-refractivity contribution in [2.45, 2.75) is 26.5 Å². The van der Waals surface area contributed by atoms with Gasteiger partial charge in [0.25, 0.3) is 0 Å². The third-order valence-electron chi connectivity index (χ3n) is 2.35. The topological polar surface area (TPSA) is 90.9 Å². The van der Waals surface area contributed by atoms with Crippen LogP contribution >= 0.6 is 0 Å². The zero-order chi connectivity index (χ0) is 15.7. The van der Waals surface area contributed by atoms with Crippen LogP contribution in [-0.4, -0.2) is 30.9 Å². The Balaban J connectivity index is 2.33. The monoisotopic (exact) mass is 295 g/mol. The van der Waals surface area contributed by atoms with E-state index in [1.807, 2.05) is 18.2 Å². The van der Waals surface area contributed by atoms with Gasteiger partial charge in [-0.1, -0.05) is 30.3 Å². The molecule has 7 heteroatoms. The molecule has 7 nitrogen and oxygen atoms in total. The molecular weight excluding hydrogens is 278 g/mol. The van der Waals surface area contributed by atoms with Gasteiger partial charge in [-0.25, -0.2) is 14.4 Å². The van der Waals surface area contributed by atoms with Crippen LogP contribution in [0.15, 0.2) is 30.3 Å². The van der Waals surface area contributed by atoms with Crippen molar-refractivity contribution in [2.75, 3.05) is 6.61 Å². The Kier molecular flexibility index (Phi) is 6.73. The van der Waals surface area contributed by atoms with Gasteiger partial charge in [0.05, 0.1) is 6.61 Å². The largest absolute Gasteiger partial charge is 0.516 e. The normalized spacial score (nSPS) is 11.1. The number of carbonyl (C=O) groups excluding carboxylic acids is 3. The highest BCUT2D eigenvalue weighted by molar-refractivity contribution is 5.87. The summed E-state index contributed by atoms with van der Waals surface area (Å²) in [7, 11) is 0. The van der Waals surface area contributed by atoms with Gasteiger partial charge < -0.3 is 19.5 Å². The molecule has 0 aliphatic carbocycles. The molecule has 0 spiro atoms. The number of nitrogens with one attached hydrogen (secondary N) is 1. The van der Waals surface area contributed by atoms with Crippen LogP contribution in [0.25, 0.3) is 0 Å². The fourth-order valence-electron chi connectivity index (χ4n) is 1.32. The van der Waals surface area contributed by atoms with E-state index in [0.717, 1.165) is 5.56 Å². The van der Waals surface area contributed by atoms with Crippen LogP contribution in [-0.2, 0) is 25.6 Å². The van der Waals surface area contributed by atoms with E-state index in [1.165, 1.54) is 6.92 Å². The van der Waals surface area contributed by atoms with Gasteiger partial charge in [-0.15, -0.1) is 0 Å². The molecule has 0 heterocycles. The smallest absolute Gasteiger partial charge is 0.445 e. The molecule has 114 valence electrons. The maximum Gasteiger partial charge on any atom is 0.516 e. The first kappa shape index (κ1) is 16.5. The summed E-state index contributed by atoms with van der Waals surface area (Å²) in [6, 6.07) is 8.04. The first-order valence-corrected chi connectivity index (χ1v) is 6.38. The van der Waals surface area contributed by atoms with E-state index in [4.69, 9.17) is 4.74 Å². The number of ether oxygens (including phenoxy) is 3. The van der Waals surface area contributed by atoms with Gasteiger partial charge in [0.1, 0.15) is 12.6 Å². The molecule has 1 N–H and O–H groups in total. The van der Waals surface area contributed by atoms with Gasteiger partial charge in [-0.2, -0.15) is 0 Å². The molecule has 0 radical (unpaired) electrons. The van der Waals surface area contributed by atoms with Crippen LogP contribution in [0.2, 0.25) is 0 Å². The molecule has 0 aliphatic rings. The SMILES string of the molecule is CCOC(=O)OC(=O)C(C)NC(=O)OCc1ccccc1. The van der Waals surface area contributed by atoms with Gasteiger partial charge in [0, 0.05) is 0 Å². The van der Waals surface area contributed by atoms with Crippen LogP contribution in [0.1, 0.15) is 19.4 Å². The molecular formula is C14H17NO6. The van der Waals surface area contributed by atoms with Crippen molar-refractivity contribution in [1.82, 2.24) is 5.32 Å². The summed E-state index contributed by atoms with van der Waals surface area (Å²) in [6.07, 6.45) is -1.89. The van der Waals surface area contributed by atoms with Gasteiger partial charge in [-0.05, 0) is 19.4 Å². The van der Waals surface area contributed by atoms with Crippen LogP contribution in [0.5, 0.6) is 0 Å². The Bertz CT molecular complexity index is 487. The Morgan fingerprint density at radius 1 is 1.14 bits per heavy atom. The molecule has 1 atom stereocenters. The summed E-state index contributed by atoms with van der Waals surface area (Å²) >= 11 is 0. The number of carbonyl (C=O) groups is 3. The third-order valence-corrected chi connectivity index (χ3v) is 2.35. The van der Waals surface area contributed by atoms with Crippen LogP contribution < -0.4 is 5.32 Å². The number of esters is 1. The fraction of sp³-hybridized carbons (Fsp3) is 0.357. The zero-order valence-corrected chi connectivity index (χ0v) is 11.8. The summed E-state index contributed by atoms with van der Waals surface area (Å²) in [5.74, 6) is -0.926. The number of benzene rings is 1. The Morgan fingerprint density at radius 3 is 2.43 bits per heavy atom. The predicted molar refractivity (Wildman–Crippen MR) is 72.3 cm³/mol. The second kappa shape index (κ2) is 8.57. The summed E-state index contributed by atoms with van der Waals surface area (Å²) in [4.78, 5) is 33.9. The van der Waals surface area contributed by atoms with Crippen molar-refractivity contribution in [3.8, 4) is 0 Å². The van der Waals surface area contributed by atoms with Crippen molar-refractivity contribution >= 4 is 18.2 Å². The summed E-state index contributed by atoms with van der Waals surface area (Å²) in [5.41, 5.74) is 0.814.